The van der Waals surface area contributed by atoms with Gasteiger partial charge in [0.1, 0.15) is 0 Å². The van der Waals surface area contributed by atoms with Crippen molar-refractivity contribution in [2.24, 2.45) is 5.41 Å². The molecule has 0 saturated heterocycles. The van der Waals surface area contributed by atoms with Gasteiger partial charge in [-0.05, 0) is 46.1 Å². The summed E-state index contributed by atoms with van der Waals surface area (Å²) in [5.41, 5.74) is 0.597. The summed E-state index contributed by atoms with van der Waals surface area (Å²) in [6.07, 6.45) is 2.80. The van der Waals surface area contributed by atoms with Crippen molar-refractivity contribution in [3.8, 4) is 0 Å². The minimum Gasteiger partial charge on any atom is -0.311 e. The highest BCUT2D eigenvalue weighted by Crippen LogP contribution is 2.28. The third-order valence-electron chi connectivity index (χ3n) is 2.94. The molecule has 0 aliphatic heterocycles. The van der Waals surface area contributed by atoms with Gasteiger partial charge in [-0.15, -0.1) is 0 Å². The molecule has 1 saturated carbocycles. The first-order valence-electron chi connectivity index (χ1n) is 6.15. The van der Waals surface area contributed by atoms with Crippen LogP contribution in [0.5, 0.6) is 0 Å². The molecule has 0 bridgehead atoms. The Morgan fingerprint density at radius 3 is 2.07 bits per heavy atom. The van der Waals surface area contributed by atoms with Crippen molar-refractivity contribution in [1.82, 2.24) is 10.2 Å². The molecule has 0 aromatic carbocycles. The predicted molar refractivity (Wildman–Crippen MR) is 67.2 cm³/mol. The third kappa shape index (κ3) is 5.53. The summed E-state index contributed by atoms with van der Waals surface area (Å²) in [7, 11) is 2.26. The van der Waals surface area contributed by atoms with Gasteiger partial charge in [0.05, 0.1) is 0 Å². The highest BCUT2D eigenvalue weighted by Gasteiger charge is 2.30. The van der Waals surface area contributed by atoms with E-state index in [0.29, 0.717) is 5.41 Å². The summed E-state index contributed by atoms with van der Waals surface area (Å²) in [4.78, 5) is 2.52. The first-order chi connectivity index (χ1) is 6.70. The molecular formula is C13H28N2. The minimum atomic E-state index is 0.232. The Labute approximate surface area is 95.4 Å². The quantitative estimate of drug-likeness (QED) is 0.753. The molecule has 90 valence electrons. The zero-order valence-electron chi connectivity index (χ0n) is 11.4. The highest BCUT2D eigenvalue weighted by atomic mass is 15.2. The van der Waals surface area contributed by atoms with Gasteiger partial charge in [-0.1, -0.05) is 13.8 Å². The number of rotatable bonds is 5. The second-order valence-corrected chi connectivity index (χ2v) is 6.91. The first-order valence-corrected chi connectivity index (χ1v) is 6.15. The fraction of sp³-hybridized carbons (Fsp3) is 1.00. The second-order valence-electron chi connectivity index (χ2n) is 6.91. The van der Waals surface area contributed by atoms with E-state index in [1.807, 2.05) is 0 Å². The normalized spacial score (nSPS) is 18.6. The zero-order valence-corrected chi connectivity index (χ0v) is 11.4. The molecule has 0 atom stereocenters. The Morgan fingerprint density at radius 2 is 1.67 bits per heavy atom. The molecule has 1 aliphatic rings. The van der Waals surface area contributed by atoms with Crippen molar-refractivity contribution in [1.29, 1.82) is 0 Å². The van der Waals surface area contributed by atoms with Gasteiger partial charge in [-0.25, -0.2) is 0 Å². The summed E-state index contributed by atoms with van der Waals surface area (Å²) >= 11 is 0. The molecule has 0 amide bonds. The van der Waals surface area contributed by atoms with E-state index in [2.05, 4.69) is 51.9 Å². The van der Waals surface area contributed by atoms with Crippen molar-refractivity contribution in [2.75, 3.05) is 20.1 Å². The van der Waals surface area contributed by atoms with Crippen molar-refractivity contribution in [3.05, 3.63) is 0 Å². The van der Waals surface area contributed by atoms with Crippen LogP contribution in [0.4, 0.5) is 0 Å². The Kier molecular flexibility index (Phi) is 3.83. The first kappa shape index (κ1) is 13.0. The van der Waals surface area contributed by atoms with Crippen LogP contribution < -0.4 is 5.32 Å². The summed E-state index contributed by atoms with van der Waals surface area (Å²) in [6.45, 7) is 13.7. The highest BCUT2D eigenvalue weighted by molar-refractivity contribution is 4.87. The molecule has 0 heterocycles. The summed E-state index contributed by atoms with van der Waals surface area (Å²) < 4.78 is 0. The van der Waals surface area contributed by atoms with Gasteiger partial charge in [0.15, 0.2) is 0 Å². The van der Waals surface area contributed by atoms with Gasteiger partial charge in [-0.2, -0.15) is 0 Å². The molecule has 0 aromatic heterocycles. The SMILES string of the molecule is CN(CC(C)(C)CNC(C)(C)C)C1CC1. The third-order valence-corrected chi connectivity index (χ3v) is 2.94. The summed E-state index contributed by atoms with van der Waals surface area (Å²) in [5.74, 6) is 0. The monoisotopic (exact) mass is 212 g/mol. The van der Waals surface area contributed by atoms with E-state index in [1.54, 1.807) is 0 Å². The van der Waals surface area contributed by atoms with E-state index in [0.717, 1.165) is 12.6 Å². The molecule has 0 spiro atoms. The van der Waals surface area contributed by atoms with Crippen molar-refractivity contribution in [3.63, 3.8) is 0 Å². The topological polar surface area (TPSA) is 15.3 Å². The molecule has 2 heteroatoms. The van der Waals surface area contributed by atoms with Gasteiger partial charge in [0, 0.05) is 24.7 Å². The fourth-order valence-electron chi connectivity index (χ4n) is 1.88. The molecule has 0 unspecified atom stereocenters. The van der Waals surface area contributed by atoms with E-state index in [-0.39, 0.29) is 5.54 Å². The fourth-order valence-corrected chi connectivity index (χ4v) is 1.88. The van der Waals surface area contributed by atoms with Crippen LogP contribution in [0.3, 0.4) is 0 Å². The Bertz CT molecular complexity index is 199. The zero-order chi connectivity index (χ0) is 11.7. The van der Waals surface area contributed by atoms with Crippen LogP contribution in [0.2, 0.25) is 0 Å². The molecule has 0 radical (unpaired) electrons. The van der Waals surface area contributed by atoms with Crippen LogP contribution in [-0.2, 0) is 0 Å². The maximum absolute atomic E-state index is 3.60. The lowest BCUT2D eigenvalue weighted by Gasteiger charge is -2.33. The smallest absolute Gasteiger partial charge is 0.00967 e. The van der Waals surface area contributed by atoms with Crippen molar-refractivity contribution >= 4 is 0 Å². The van der Waals surface area contributed by atoms with Crippen LogP contribution in [-0.4, -0.2) is 36.6 Å². The van der Waals surface area contributed by atoms with Gasteiger partial charge in [-0.3, -0.25) is 0 Å². The van der Waals surface area contributed by atoms with E-state index in [9.17, 15) is 0 Å². The average Bonchev–Trinajstić information content (AvgIpc) is 2.80. The van der Waals surface area contributed by atoms with Gasteiger partial charge >= 0.3 is 0 Å². The summed E-state index contributed by atoms with van der Waals surface area (Å²) in [6, 6.07) is 0.874. The number of nitrogens with one attached hydrogen (secondary N) is 1. The van der Waals surface area contributed by atoms with Crippen LogP contribution in [0.25, 0.3) is 0 Å². The number of nitrogens with zero attached hydrogens (tertiary/aromatic N) is 1. The average molecular weight is 212 g/mol. The minimum absolute atomic E-state index is 0.232. The summed E-state index contributed by atoms with van der Waals surface area (Å²) in [5, 5.41) is 3.60. The van der Waals surface area contributed by atoms with Crippen molar-refractivity contribution < 1.29 is 0 Å². The van der Waals surface area contributed by atoms with E-state index in [1.165, 1.54) is 19.4 Å². The Balaban J connectivity index is 2.30. The number of hydrogen-bond donors (Lipinski definition) is 1. The Hall–Kier alpha value is -0.0800. The van der Waals surface area contributed by atoms with Crippen LogP contribution in [0.15, 0.2) is 0 Å². The van der Waals surface area contributed by atoms with Crippen molar-refractivity contribution in [2.45, 2.75) is 59.0 Å². The van der Waals surface area contributed by atoms with E-state index in [4.69, 9.17) is 0 Å². The molecule has 2 nitrogen and oxygen atoms in total. The molecule has 1 N–H and O–H groups in total. The maximum atomic E-state index is 3.60. The van der Waals surface area contributed by atoms with Gasteiger partial charge < -0.3 is 10.2 Å². The maximum Gasteiger partial charge on any atom is 0.00967 e. The lowest BCUT2D eigenvalue weighted by Crippen LogP contribution is -2.46. The Morgan fingerprint density at radius 1 is 1.13 bits per heavy atom. The van der Waals surface area contributed by atoms with Gasteiger partial charge in [0.2, 0.25) is 0 Å². The molecule has 15 heavy (non-hydrogen) atoms. The molecule has 1 fully saturated rings. The van der Waals surface area contributed by atoms with E-state index < -0.39 is 0 Å². The van der Waals surface area contributed by atoms with E-state index >= 15 is 0 Å². The van der Waals surface area contributed by atoms with Crippen LogP contribution >= 0.6 is 0 Å². The van der Waals surface area contributed by atoms with Crippen LogP contribution in [0, 0.1) is 5.41 Å². The standard InChI is InChI=1S/C13H28N2/c1-12(2,3)14-9-13(4,5)10-15(6)11-7-8-11/h11,14H,7-10H2,1-6H3. The molecule has 1 aliphatic carbocycles. The largest absolute Gasteiger partial charge is 0.311 e. The molecular weight excluding hydrogens is 184 g/mol. The number of hydrogen-bond acceptors (Lipinski definition) is 2. The second kappa shape index (κ2) is 4.42. The lowest BCUT2D eigenvalue weighted by molar-refractivity contribution is 0.185. The molecule has 0 aromatic rings. The van der Waals surface area contributed by atoms with Gasteiger partial charge in [0.25, 0.3) is 0 Å². The molecule has 1 rings (SSSR count). The lowest BCUT2D eigenvalue weighted by atomic mass is 9.91. The van der Waals surface area contributed by atoms with Crippen LogP contribution in [0.1, 0.15) is 47.5 Å². The predicted octanol–water partition coefficient (Wildman–Crippen LogP) is 2.49.